The number of imidazole rings is 1. The van der Waals surface area contributed by atoms with Gasteiger partial charge in [0.05, 0.1) is 24.4 Å². The van der Waals surface area contributed by atoms with Gasteiger partial charge in [-0.15, -0.1) is 0 Å². The van der Waals surface area contributed by atoms with Crippen molar-refractivity contribution in [1.82, 2.24) is 24.8 Å². The minimum absolute atomic E-state index is 0.0278. The predicted molar refractivity (Wildman–Crippen MR) is 181 cm³/mol. The first-order valence-electron chi connectivity index (χ1n) is 15.6. The summed E-state index contributed by atoms with van der Waals surface area (Å²) in [7, 11) is 1.52. The Labute approximate surface area is 275 Å². The van der Waals surface area contributed by atoms with Crippen molar-refractivity contribution in [3.05, 3.63) is 117 Å². The van der Waals surface area contributed by atoms with E-state index in [1.807, 2.05) is 24.3 Å². The van der Waals surface area contributed by atoms with Gasteiger partial charge in [0.2, 0.25) is 11.7 Å². The van der Waals surface area contributed by atoms with E-state index in [1.54, 1.807) is 10.9 Å². The van der Waals surface area contributed by atoms with Gasteiger partial charge in [-0.3, -0.25) is 4.79 Å². The van der Waals surface area contributed by atoms with Gasteiger partial charge in [-0.2, -0.15) is 0 Å². The van der Waals surface area contributed by atoms with Gasteiger partial charge in [0.15, 0.2) is 17.0 Å². The van der Waals surface area contributed by atoms with Crippen LogP contribution in [0.3, 0.4) is 0 Å². The van der Waals surface area contributed by atoms with Crippen LogP contribution >= 0.6 is 11.6 Å². The van der Waals surface area contributed by atoms with Crippen molar-refractivity contribution in [3.8, 4) is 11.8 Å². The van der Waals surface area contributed by atoms with Crippen molar-refractivity contribution in [3.63, 3.8) is 0 Å². The molecule has 6 atom stereocenters. The fourth-order valence-electron chi connectivity index (χ4n) is 7.23. The number of allylic oxidation sites excluding steroid dienone is 6. The van der Waals surface area contributed by atoms with Crippen molar-refractivity contribution in [2.24, 2.45) is 5.92 Å². The number of halogens is 1. The van der Waals surface area contributed by atoms with Gasteiger partial charge < -0.3 is 25.4 Å². The second-order valence-electron chi connectivity index (χ2n) is 12.3. The minimum atomic E-state index is -1.22. The van der Waals surface area contributed by atoms with Crippen LogP contribution in [-0.2, 0) is 11.3 Å². The fraction of sp³-hybridized carbons (Fsp3) is 0.243. The lowest BCUT2D eigenvalue weighted by atomic mass is 9.74. The van der Waals surface area contributed by atoms with Crippen LogP contribution in [0.2, 0.25) is 5.02 Å². The minimum Gasteiger partial charge on any atom is -0.390 e. The summed E-state index contributed by atoms with van der Waals surface area (Å²) in [5, 5.41) is 30.8. The molecule has 4 aliphatic carbocycles. The van der Waals surface area contributed by atoms with E-state index in [4.69, 9.17) is 21.6 Å². The summed E-state index contributed by atoms with van der Waals surface area (Å²) in [4.78, 5) is 26.7. The molecular weight excluding hydrogens is 612 g/mol. The number of aromatic nitrogens is 4. The van der Waals surface area contributed by atoms with Crippen molar-refractivity contribution in [1.29, 1.82) is 0 Å². The van der Waals surface area contributed by atoms with E-state index in [9.17, 15) is 15.0 Å². The average molecular weight is 643 g/mol. The molecule has 1 amide bonds. The molecule has 1 saturated carbocycles. The first-order valence-corrected chi connectivity index (χ1v) is 16.0. The highest BCUT2D eigenvalue weighted by Crippen LogP contribution is 2.39. The number of carbonyl (C=O) groups is 1. The van der Waals surface area contributed by atoms with Crippen molar-refractivity contribution >= 4 is 46.6 Å². The molecule has 1 fully saturated rings. The number of amides is 1. The molecule has 0 radical (unpaired) electrons. The van der Waals surface area contributed by atoms with Crippen LogP contribution in [0.15, 0.2) is 78.7 Å². The normalized spacial score (nSPS) is 24.8. The summed E-state index contributed by atoms with van der Waals surface area (Å²) >= 11 is 6.23. The van der Waals surface area contributed by atoms with E-state index in [2.05, 4.69) is 82.1 Å². The van der Waals surface area contributed by atoms with Crippen LogP contribution in [0.25, 0.3) is 23.3 Å². The van der Waals surface area contributed by atoms with E-state index < -0.39 is 24.2 Å². The zero-order chi connectivity index (χ0) is 32.2. The smallest absolute Gasteiger partial charge is 0.225 e. The Morgan fingerprint density at radius 1 is 1.02 bits per heavy atom. The Bertz CT molecular complexity index is 2240. The fourth-order valence-corrected chi connectivity index (χ4v) is 7.45. The van der Waals surface area contributed by atoms with Gasteiger partial charge in [0.25, 0.3) is 0 Å². The quantitative estimate of drug-likeness (QED) is 0.195. The molecule has 10 heteroatoms. The summed E-state index contributed by atoms with van der Waals surface area (Å²) in [6, 6.07) is 11.3. The van der Waals surface area contributed by atoms with Crippen LogP contribution in [0.5, 0.6) is 0 Å². The molecule has 234 valence electrons. The Kier molecular flexibility index (Phi) is 7.29. The first-order chi connectivity index (χ1) is 22.9. The van der Waals surface area contributed by atoms with Crippen LogP contribution < -0.4 is 21.1 Å². The van der Waals surface area contributed by atoms with Crippen LogP contribution in [0, 0.1) is 17.8 Å². The van der Waals surface area contributed by atoms with E-state index in [0.29, 0.717) is 28.5 Å². The van der Waals surface area contributed by atoms with Gasteiger partial charge >= 0.3 is 0 Å². The highest BCUT2D eigenvalue weighted by atomic mass is 35.5. The second-order valence-corrected chi connectivity index (χ2v) is 12.7. The summed E-state index contributed by atoms with van der Waals surface area (Å²) in [6.45, 7) is 0.428. The number of carbonyl (C=O) groups excluding carboxylic acids is 1. The molecule has 4 N–H and O–H groups in total. The maximum Gasteiger partial charge on any atom is 0.225 e. The number of fused-ring (bicyclic) bond motifs is 1. The lowest BCUT2D eigenvalue weighted by Crippen LogP contribution is -2.36. The number of rotatable bonds is 5. The summed E-state index contributed by atoms with van der Waals surface area (Å²) in [5.74, 6) is 6.53. The molecule has 0 aliphatic heterocycles. The Balaban J connectivity index is 1.19. The molecule has 2 heterocycles. The molecule has 4 aliphatic rings. The van der Waals surface area contributed by atoms with Gasteiger partial charge in [-0.05, 0) is 57.7 Å². The number of aliphatic hydroxyl groups is 2. The predicted octanol–water partition coefficient (Wildman–Crippen LogP) is 2.98. The van der Waals surface area contributed by atoms with E-state index in [1.165, 1.54) is 28.6 Å². The molecule has 0 saturated heterocycles. The van der Waals surface area contributed by atoms with E-state index in [-0.39, 0.29) is 30.0 Å². The first kappa shape index (κ1) is 29.4. The molecule has 4 aromatic rings. The van der Waals surface area contributed by atoms with Crippen LogP contribution in [0.4, 0.5) is 5.82 Å². The zero-order valence-electron chi connectivity index (χ0n) is 25.4. The maximum absolute atomic E-state index is 12.5. The Morgan fingerprint density at radius 2 is 1.87 bits per heavy atom. The molecule has 8 rings (SSSR count). The second kappa shape index (κ2) is 11.7. The summed E-state index contributed by atoms with van der Waals surface area (Å²) in [6.07, 6.45) is 14.5. The van der Waals surface area contributed by atoms with Crippen LogP contribution in [-0.4, -0.2) is 54.9 Å². The molecule has 0 bridgehead atoms. The SMILES string of the molecule is CNC(=O)C1CC(n2cnc3c(NCc4cccc(Cl)c4)nc(C#CC4=CC=c5ccc6c7c5C4C=CC7C=CC=6)nc32)C(O)C1O. The Hall–Kier alpha value is -5.01. The number of nitrogens with one attached hydrogen (secondary N) is 2. The highest BCUT2D eigenvalue weighted by Gasteiger charge is 2.46. The number of anilines is 1. The highest BCUT2D eigenvalue weighted by molar-refractivity contribution is 6.30. The zero-order valence-corrected chi connectivity index (χ0v) is 26.2. The molecule has 2 aromatic heterocycles. The lowest BCUT2D eigenvalue weighted by molar-refractivity contribution is -0.128. The van der Waals surface area contributed by atoms with Crippen molar-refractivity contribution in [2.75, 3.05) is 12.4 Å². The topological polar surface area (TPSA) is 125 Å². The average Bonchev–Trinajstić information content (AvgIpc) is 3.65. The molecule has 6 unspecified atom stereocenters. The third-order valence-electron chi connectivity index (χ3n) is 9.56. The van der Waals surface area contributed by atoms with Crippen LogP contribution in [0.1, 0.15) is 46.8 Å². The molecule has 9 nitrogen and oxygen atoms in total. The number of hydrogen-bond acceptors (Lipinski definition) is 7. The molecular formula is C37H31ClN6O3. The van der Waals surface area contributed by atoms with Crippen molar-refractivity contribution in [2.45, 2.75) is 43.1 Å². The molecule has 2 aromatic carbocycles. The lowest BCUT2D eigenvalue weighted by Gasteiger charge is -2.29. The largest absolute Gasteiger partial charge is 0.390 e. The summed E-state index contributed by atoms with van der Waals surface area (Å²) < 4.78 is 1.72. The van der Waals surface area contributed by atoms with Gasteiger partial charge in [-0.25, -0.2) is 15.0 Å². The van der Waals surface area contributed by atoms with E-state index >= 15 is 0 Å². The summed E-state index contributed by atoms with van der Waals surface area (Å²) in [5.41, 5.74) is 5.46. The number of benzene rings is 2. The number of hydrogen-bond donors (Lipinski definition) is 4. The number of aliphatic hydroxyl groups excluding tert-OH is 2. The van der Waals surface area contributed by atoms with Gasteiger partial charge in [0.1, 0.15) is 6.10 Å². The standard InChI is InChI=1S/C37H31ClN6O3/c1-39-37(47)27-17-28(34(46)33(27)45)44-19-41-32-35(40-18-20-4-2-7-25(38)16-20)42-29(43-36(32)44)15-13-21-8-9-24-11-10-22-5-3-6-23-12-14-26(21)31(24)30(22)23/h2-12,14,16,19,23,26-28,33-34,45-46H,17-18H2,1H3,(H,39,47)(H,40,42,43). The van der Waals surface area contributed by atoms with Gasteiger partial charge in [0, 0.05) is 36.0 Å². The molecule has 0 spiro atoms. The third kappa shape index (κ3) is 5.06. The van der Waals surface area contributed by atoms with Gasteiger partial charge in [-0.1, -0.05) is 78.2 Å². The Morgan fingerprint density at radius 3 is 2.70 bits per heavy atom. The van der Waals surface area contributed by atoms with Crippen molar-refractivity contribution < 1.29 is 15.0 Å². The monoisotopic (exact) mass is 642 g/mol. The number of nitrogens with zero attached hydrogens (tertiary/aromatic N) is 4. The third-order valence-corrected chi connectivity index (χ3v) is 9.80. The maximum atomic E-state index is 12.5. The molecule has 47 heavy (non-hydrogen) atoms. The van der Waals surface area contributed by atoms with E-state index in [0.717, 1.165) is 11.1 Å².